The van der Waals surface area contributed by atoms with Crippen LogP contribution in [0.25, 0.3) is 11.4 Å². The first kappa shape index (κ1) is 14.4. The monoisotopic (exact) mass is 310 g/mol. The lowest BCUT2D eigenvalue weighted by Gasteiger charge is -2.08. The third kappa shape index (κ3) is 2.87. The molecule has 23 heavy (non-hydrogen) atoms. The zero-order valence-electron chi connectivity index (χ0n) is 13.5. The molecule has 0 unspecified atom stereocenters. The van der Waals surface area contributed by atoms with Crippen molar-refractivity contribution in [1.29, 1.82) is 0 Å². The van der Waals surface area contributed by atoms with Crippen LogP contribution < -0.4 is 5.32 Å². The lowest BCUT2D eigenvalue weighted by atomic mass is 10.2. The van der Waals surface area contributed by atoms with E-state index in [9.17, 15) is 4.79 Å². The Bertz CT molecular complexity index is 719. The molecule has 120 valence electrons. The number of fused-ring (bicyclic) bond motifs is 1. The second-order valence-corrected chi connectivity index (χ2v) is 6.79. The molecule has 0 bridgehead atoms. The number of amides is 1. The fourth-order valence-electron chi connectivity index (χ4n) is 3.32. The van der Waals surface area contributed by atoms with E-state index in [-0.39, 0.29) is 11.8 Å². The minimum Gasteiger partial charge on any atom is -0.326 e. The zero-order valence-corrected chi connectivity index (χ0v) is 13.5. The van der Waals surface area contributed by atoms with Gasteiger partial charge < -0.3 is 9.88 Å². The van der Waals surface area contributed by atoms with Crippen molar-refractivity contribution in [2.75, 3.05) is 5.32 Å². The predicted octanol–water partition coefficient (Wildman–Crippen LogP) is 3.27. The highest BCUT2D eigenvalue weighted by atomic mass is 16.2. The Hall–Kier alpha value is -2.17. The number of carbonyl (C=O) groups is 1. The maximum atomic E-state index is 12.0. The van der Waals surface area contributed by atoms with Gasteiger partial charge in [0.05, 0.1) is 0 Å². The second-order valence-electron chi connectivity index (χ2n) is 6.79. The Morgan fingerprint density at radius 3 is 2.70 bits per heavy atom. The van der Waals surface area contributed by atoms with Gasteiger partial charge in [0.1, 0.15) is 5.82 Å². The van der Waals surface area contributed by atoms with Gasteiger partial charge in [0.15, 0.2) is 5.82 Å². The largest absolute Gasteiger partial charge is 0.326 e. The van der Waals surface area contributed by atoms with E-state index in [0.717, 1.165) is 42.3 Å². The maximum absolute atomic E-state index is 12.0. The molecule has 1 aromatic heterocycles. The SMILES string of the molecule is C[C@H]1C[C@H]1C(=O)Nc1ccc(-c2nnc3n2CCCCC3)cc1. The Labute approximate surface area is 136 Å². The molecule has 0 radical (unpaired) electrons. The van der Waals surface area contributed by atoms with Crippen LogP contribution in [0.4, 0.5) is 5.69 Å². The highest BCUT2D eigenvalue weighted by Gasteiger charge is 2.39. The van der Waals surface area contributed by atoms with E-state index < -0.39 is 0 Å². The van der Waals surface area contributed by atoms with Crippen LogP contribution in [-0.2, 0) is 17.8 Å². The van der Waals surface area contributed by atoms with Gasteiger partial charge in [-0.3, -0.25) is 4.79 Å². The third-order valence-electron chi connectivity index (χ3n) is 4.97. The average molecular weight is 310 g/mol. The summed E-state index contributed by atoms with van der Waals surface area (Å²) < 4.78 is 2.24. The molecular weight excluding hydrogens is 288 g/mol. The van der Waals surface area contributed by atoms with Gasteiger partial charge in [-0.25, -0.2) is 0 Å². The van der Waals surface area contributed by atoms with Crippen LogP contribution >= 0.6 is 0 Å². The average Bonchev–Trinajstić information content (AvgIpc) is 3.24. The first-order valence-corrected chi connectivity index (χ1v) is 8.56. The number of hydrogen-bond acceptors (Lipinski definition) is 3. The van der Waals surface area contributed by atoms with Crippen LogP contribution in [0.2, 0.25) is 0 Å². The number of aromatic nitrogens is 3. The van der Waals surface area contributed by atoms with Crippen molar-refractivity contribution in [2.45, 2.75) is 45.6 Å². The molecule has 2 atom stereocenters. The number of nitrogens with zero attached hydrogens (tertiary/aromatic N) is 3. The zero-order chi connectivity index (χ0) is 15.8. The summed E-state index contributed by atoms with van der Waals surface area (Å²) in [5.74, 6) is 2.90. The van der Waals surface area contributed by atoms with Gasteiger partial charge in [-0.2, -0.15) is 0 Å². The van der Waals surface area contributed by atoms with E-state index in [1.807, 2.05) is 24.3 Å². The molecule has 1 saturated carbocycles. The molecule has 1 aliphatic carbocycles. The standard InChI is InChI=1S/C18H22N4O/c1-12-11-15(12)18(23)19-14-8-6-13(7-9-14)17-21-20-16-5-3-2-4-10-22(16)17/h6-9,12,15H,2-5,10-11H2,1H3,(H,19,23)/t12-,15+/m0/s1. The van der Waals surface area contributed by atoms with Crippen LogP contribution in [0.3, 0.4) is 0 Å². The smallest absolute Gasteiger partial charge is 0.227 e. The Morgan fingerprint density at radius 1 is 1.17 bits per heavy atom. The Morgan fingerprint density at radius 2 is 1.96 bits per heavy atom. The summed E-state index contributed by atoms with van der Waals surface area (Å²) >= 11 is 0. The van der Waals surface area contributed by atoms with Gasteiger partial charge in [0.25, 0.3) is 0 Å². The summed E-state index contributed by atoms with van der Waals surface area (Å²) in [6.07, 6.45) is 5.66. The van der Waals surface area contributed by atoms with Gasteiger partial charge >= 0.3 is 0 Å². The summed E-state index contributed by atoms with van der Waals surface area (Å²) in [6.45, 7) is 3.11. The summed E-state index contributed by atoms with van der Waals surface area (Å²) in [5, 5.41) is 11.7. The molecule has 1 aliphatic heterocycles. The van der Waals surface area contributed by atoms with Crippen LogP contribution in [0.15, 0.2) is 24.3 Å². The van der Waals surface area contributed by atoms with Crippen LogP contribution in [0, 0.1) is 11.8 Å². The van der Waals surface area contributed by atoms with Gasteiger partial charge in [-0.1, -0.05) is 13.3 Å². The molecule has 1 N–H and O–H groups in total. The summed E-state index contributed by atoms with van der Waals surface area (Å²) in [6, 6.07) is 7.96. The van der Waals surface area contributed by atoms with Gasteiger partial charge in [0.2, 0.25) is 5.91 Å². The number of benzene rings is 1. The van der Waals surface area contributed by atoms with Crippen molar-refractivity contribution < 1.29 is 4.79 Å². The first-order valence-electron chi connectivity index (χ1n) is 8.56. The first-order chi connectivity index (χ1) is 11.2. The van der Waals surface area contributed by atoms with Crippen molar-refractivity contribution in [3.63, 3.8) is 0 Å². The minimum atomic E-state index is 0.140. The van der Waals surface area contributed by atoms with Gasteiger partial charge in [-0.05, 0) is 49.4 Å². The number of aryl methyl sites for hydroxylation is 1. The Kier molecular flexibility index (Phi) is 3.63. The number of hydrogen-bond donors (Lipinski definition) is 1. The molecule has 2 aliphatic rings. The van der Waals surface area contributed by atoms with Crippen LogP contribution in [0.5, 0.6) is 0 Å². The van der Waals surface area contributed by atoms with E-state index in [4.69, 9.17) is 0 Å². The number of carbonyl (C=O) groups excluding carboxylic acids is 1. The predicted molar refractivity (Wildman–Crippen MR) is 88.9 cm³/mol. The lowest BCUT2D eigenvalue weighted by Crippen LogP contribution is -2.14. The molecule has 0 spiro atoms. The molecule has 0 saturated heterocycles. The van der Waals surface area contributed by atoms with Crippen molar-refractivity contribution >= 4 is 11.6 Å². The van der Waals surface area contributed by atoms with Gasteiger partial charge in [0, 0.05) is 30.1 Å². The molecule has 2 aromatic rings. The number of rotatable bonds is 3. The molecule has 5 nitrogen and oxygen atoms in total. The van der Waals surface area contributed by atoms with E-state index in [1.165, 1.54) is 19.3 Å². The summed E-state index contributed by atoms with van der Waals surface area (Å²) in [5.41, 5.74) is 1.91. The highest BCUT2D eigenvalue weighted by molar-refractivity contribution is 5.94. The van der Waals surface area contributed by atoms with Crippen LogP contribution in [0.1, 0.15) is 38.4 Å². The summed E-state index contributed by atoms with van der Waals surface area (Å²) in [4.78, 5) is 12.0. The number of nitrogens with one attached hydrogen (secondary N) is 1. The second kappa shape index (κ2) is 5.80. The van der Waals surface area contributed by atoms with E-state index in [0.29, 0.717) is 5.92 Å². The lowest BCUT2D eigenvalue weighted by molar-refractivity contribution is -0.117. The van der Waals surface area contributed by atoms with Crippen molar-refractivity contribution in [1.82, 2.24) is 14.8 Å². The van der Waals surface area contributed by atoms with Crippen molar-refractivity contribution in [2.24, 2.45) is 11.8 Å². The third-order valence-corrected chi connectivity index (χ3v) is 4.97. The number of anilines is 1. The molecule has 4 rings (SSSR count). The quantitative estimate of drug-likeness (QED) is 0.946. The van der Waals surface area contributed by atoms with Crippen LogP contribution in [-0.4, -0.2) is 20.7 Å². The summed E-state index contributed by atoms with van der Waals surface area (Å²) in [7, 11) is 0. The van der Waals surface area contributed by atoms with Crippen molar-refractivity contribution in [3.8, 4) is 11.4 Å². The molecule has 2 heterocycles. The molecule has 1 aromatic carbocycles. The molecule has 1 amide bonds. The fourth-order valence-corrected chi connectivity index (χ4v) is 3.32. The normalized spacial score (nSPS) is 23.0. The Balaban J connectivity index is 1.52. The minimum absolute atomic E-state index is 0.140. The molecule has 5 heteroatoms. The van der Waals surface area contributed by atoms with E-state index in [2.05, 4.69) is 27.0 Å². The van der Waals surface area contributed by atoms with Gasteiger partial charge in [-0.15, -0.1) is 10.2 Å². The molecule has 1 fully saturated rings. The fraction of sp³-hybridized carbons (Fsp3) is 0.500. The molecular formula is C18H22N4O. The maximum Gasteiger partial charge on any atom is 0.227 e. The highest BCUT2D eigenvalue weighted by Crippen LogP contribution is 2.38. The van der Waals surface area contributed by atoms with E-state index in [1.54, 1.807) is 0 Å². The van der Waals surface area contributed by atoms with Crippen molar-refractivity contribution in [3.05, 3.63) is 30.1 Å². The van der Waals surface area contributed by atoms with E-state index >= 15 is 0 Å². The topological polar surface area (TPSA) is 59.8 Å².